The van der Waals surface area contributed by atoms with Crippen LogP contribution in [0.4, 0.5) is 0 Å². The number of fused-ring (bicyclic) bond motifs is 2. The molecule has 24 heavy (non-hydrogen) atoms. The molecule has 0 aliphatic heterocycles. The Bertz CT molecular complexity index is 964. The lowest BCUT2D eigenvalue weighted by Gasteiger charge is -2.01. The number of rotatable bonds is 3. The molecule has 0 unspecified atom stereocenters. The summed E-state index contributed by atoms with van der Waals surface area (Å²) in [4.78, 5) is 0. The Morgan fingerprint density at radius 2 is 0.875 bits per heavy atom. The van der Waals surface area contributed by atoms with Gasteiger partial charge in [0, 0.05) is 11.1 Å². The summed E-state index contributed by atoms with van der Waals surface area (Å²) in [5.41, 5.74) is 2.14. The molecule has 0 radical (unpaired) electrons. The summed E-state index contributed by atoms with van der Waals surface area (Å²) in [6.45, 7) is 0. The van der Waals surface area contributed by atoms with Gasteiger partial charge in [-0.25, -0.2) is 0 Å². The monoisotopic (exact) mass is 308 g/mol. The summed E-state index contributed by atoms with van der Waals surface area (Å²) in [6.07, 6.45) is 3.62. The van der Waals surface area contributed by atoms with Crippen LogP contribution in [0, 0.1) is 0 Å². The second kappa shape index (κ2) is 6.47. The first-order valence-electron chi connectivity index (χ1n) is 7.94. The fourth-order valence-electron chi connectivity index (χ4n) is 2.92. The lowest BCUT2D eigenvalue weighted by Crippen LogP contribution is -1.85. The largest absolute Gasteiger partial charge is 0.158 e. The highest BCUT2D eigenvalue weighted by atomic mass is 15.2. The van der Waals surface area contributed by atoms with Gasteiger partial charge in [-0.3, -0.25) is 0 Å². The first-order valence-corrected chi connectivity index (χ1v) is 7.94. The highest BCUT2D eigenvalue weighted by Gasteiger charge is 1.97. The molecule has 0 saturated heterocycles. The van der Waals surface area contributed by atoms with Gasteiger partial charge in [0.1, 0.15) is 0 Å². The van der Waals surface area contributed by atoms with Crippen LogP contribution in [0.3, 0.4) is 0 Å². The Hall–Kier alpha value is -3.26. The second-order valence-corrected chi connectivity index (χ2v) is 5.63. The molecule has 0 N–H and O–H groups in total. The number of hydrogen-bond acceptors (Lipinski definition) is 2. The third-order valence-electron chi connectivity index (χ3n) is 4.11. The van der Waals surface area contributed by atoms with E-state index in [9.17, 15) is 0 Å². The van der Waals surface area contributed by atoms with Gasteiger partial charge in [0.2, 0.25) is 0 Å². The molecule has 0 aromatic heterocycles. The Balaban J connectivity index is 1.64. The minimum Gasteiger partial charge on any atom is -0.158 e. The van der Waals surface area contributed by atoms with E-state index >= 15 is 0 Å². The van der Waals surface area contributed by atoms with Crippen molar-refractivity contribution in [1.29, 1.82) is 0 Å². The maximum atomic E-state index is 4.24. The quantitative estimate of drug-likeness (QED) is 0.355. The highest BCUT2D eigenvalue weighted by molar-refractivity contribution is 6.01. The van der Waals surface area contributed by atoms with Gasteiger partial charge >= 0.3 is 0 Å². The molecular formula is C22H16N2. The predicted octanol–water partition coefficient (Wildman–Crippen LogP) is 5.45. The van der Waals surface area contributed by atoms with Gasteiger partial charge in [0.05, 0.1) is 12.4 Å². The number of hydrogen-bond donors (Lipinski definition) is 0. The normalized spacial score (nSPS) is 11.8. The molecule has 0 spiro atoms. The first kappa shape index (κ1) is 14.3. The highest BCUT2D eigenvalue weighted by Crippen LogP contribution is 2.18. The number of benzene rings is 4. The van der Waals surface area contributed by atoms with Gasteiger partial charge in [0.15, 0.2) is 0 Å². The van der Waals surface area contributed by atoms with E-state index in [-0.39, 0.29) is 0 Å². The maximum absolute atomic E-state index is 4.24. The van der Waals surface area contributed by atoms with E-state index in [2.05, 4.69) is 58.7 Å². The van der Waals surface area contributed by atoms with Crippen LogP contribution < -0.4 is 0 Å². The summed E-state index contributed by atoms with van der Waals surface area (Å²) < 4.78 is 0. The fourth-order valence-corrected chi connectivity index (χ4v) is 2.92. The average molecular weight is 308 g/mol. The third kappa shape index (κ3) is 2.82. The van der Waals surface area contributed by atoms with Crippen molar-refractivity contribution in [3.8, 4) is 0 Å². The average Bonchev–Trinajstić information content (AvgIpc) is 2.65. The van der Waals surface area contributed by atoms with Crippen LogP contribution in [0.25, 0.3) is 21.5 Å². The lowest BCUT2D eigenvalue weighted by atomic mass is 10.1. The lowest BCUT2D eigenvalue weighted by molar-refractivity contribution is 1.27. The van der Waals surface area contributed by atoms with Gasteiger partial charge in [-0.2, -0.15) is 10.2 Å². The molecule has 0 bridgehead atoms. The second-order valence-electron chi connectivity index (χ2n) is 5.63. The SMILES string of the molecule is C(=N\N=C\c1cccc2ccccc12)/c1cccc2ccccc12. The van der Waals surface area contributed by atoms with Crippen LogP contribution in [-0.4, -0.2) is 12.4 Å². The topological polar surface area (TPSA) is 24.7 Å². The van der Waals surface area contributed by atoms with Crippen molar-refractivity contribution in [2.24, 2.45) is 10.2 Å². The van der Waals surface area contributed by atoms with Crippen molar-refractivity contribution in [2.45, 2.75) is 0 Å². The molecular weight excluding hydrogens is 292 g/mol. The zero-order chi connectivity index (χ0) is 16.2. The van der Waals surface area contributed by atoms with Gasteiger partial charge in [-0.05, 0) is 21.5 Å². The molecule has 2 heteroatoms. The van der Waals surface area contributed by atoms with Crippen molar-refractivity contribution in [3.05, 3.63) is 96.1 Å². The Kier molecular flexibility index (Phi) is 3.86. The molecule has 0 atom stereocenters. The predicted molar refractivity (Wildman–Crippen MR) is 103 cm³/mol. The molecule has 4 aromatic carbocycles. The van der Waals surface area contributed by atoms with Crippen LogP contribution in [0.2, 0.25) is 0 Å². The molecule has 0 aliphatic rings. The van der Waals surface area contributed by atoms with Crippen molar-refractivity contribution in [2.75, 3.05) is 0 Å². The van der Waals surface area contributed by atoms with Crippen LogP contribution in [-0.2, 0) is 0 Å². The van der Waals surface area contributed by atoms with E-state index in [1.54, 1.807) is 0 Å². The summed E-state index contributed by atoms with van der Waals surface area (Å²) in [5, 5.41) is 13.3. The minimum atomic E-state index is 1.07. The van der Waals surface area contributed by atoms with Crippen LogP contribution in [0.15, 0.2) is 95.1 Å². The molecule has 0 heterocycles. The van der Waals surface area contributed by atoms with Gasteiger partial charge in [0.25, 0.3) is 0 Å². The standard InChI is InChI=1S/C22H16N2/c1-3-13-21-17(7-1)9-5-11-19(21)15-23-24-16-20-12-6-10-18-8-2-4-14-22(18)20/h1-16H/b23-15+,24-16+. The summed E-state index contributed by atoms with van der Waals surface area (Å²) in [7, 11) is 0. The Morgan fingerprint density at radius 3 is 1.38 bits per heavy atom. The third-order valence-corrected chi connectivity index (χ3v) is 4.11. The molecule has 2 nitrogen and oxygen atoms in total. The van der Waals surface area contributed by atoms with E-state index in [1.807, 2.05) is 48.8 Å². The van der Waals surface area contributed by atoms with Crippen molar-refractivity contribution >= 4 is 34.0 Å². The summed E-state index contributed by atoms with van der Waals surface area (Å²) in [6, 6.07) is 29.0. The van der Waals surface area contributed by atoms with Crippen molar-refractivity contribution < 1.29 is 0 Å². The minimum absolute atomic E-state index is 1.07. The number of nitrogens with zero attached hydrogens (tertiary/aromatic N) is 2. The smallest absolute Gasteiger partial charge is 0.0574 e. The van der Waals surface area contributed by atoms with Crippen LogP contribution >= 0.6 is 0 Å². The van der Waals surface area contributed by atoms with E-state index in [0.29, 0.717) is 0 Å². The van der Waals surface area contributed by atoms with Crippen molar-refractivity contribution in [3.63, 3.8) is 0 Å². The summed E-state index contributed by atoms with van der Waals surface area (Å²) in [5.74, 6) is 0. The Labute approximate surface area is 140 Å². The molecule has 0 aliphatic carbocycles. The van der Waals surface area contributed by atoms with E-state index in [4.69, 9.17) is 0 Å². The first-order chi connectivity index (χ1) is 11.9. The van der Waals surface area contributed by atoms with Gasteiger partial charge in [-0.1, -0.05) is 84.9 Å². The zero-order valence-electron chi connectivity index (χ0n) is 13.1. The fraction of sp³-hybridized carbons (Fsp3) is 0. The maximum Gasteiger partial charge on any atom is 0.0574 e. The molecule has 0 amide bonds. The van der Waals surface area contributed by atoms with E-state index < -0.39 is 0 Å². The molecule has 4 aromatic rings. The van der Waals surface area contributed by atoms with Crippen LogP contribution in [0.5, 0.6) is 0 Å². The molecule has 4 rings (SSSR count). The van der Waals surface area contributed by atoms with Crippen LogP contribution in [0.1, 0.15) is 11.1 Å². The molecule has 114 valence electrons. The summed E-state index contributed by atoms with van der Waals surface area (Å²) >= 11 is 0. The van der Waals surface area contributed by atoms with Crippen molar-refractivity contribution in [1.82, 2.24) is 0 Å². The van der Waals surface area contributed by atoms with E-state index in [1.165, 1.54) is 21.5 Å². The van der Waals surface area contributed by atoms with E-state index in [0.717, 1.165) is 11.1 Å². The molecule has 0 saturated carbocycles. The van der Waals surface area contributed by atoms with Gasteiger partial charge in [-0.15, -0.1) is 0 Å². The zero-order valence-corrected chi connectivity index (χ0v) is 13.1. The molecule has 0 fully saturated rings. The Morgan fingerprint density at radius 1 is 0.458 bits per heavy atom. The van der Waals surface area contributed by atoms with Gasteiger partial charge < -0.3 is 0 Å².